The van der Waals surface area contributed by atoms with E-state index in [2.05, 4.69) is 147 Å². The lowest BCUT2D eigenvalue weighted by Crippen LogP contribution is -2.22. The van der Waals surface area contributed by atoms with Gasteiger partial charge in [0.15, 0.2) is 0 Å². The van der Waals surface area contributed by atoms with Crippen molar-refractivity contribution in [3.8, 4) is 33.4 Å². The minimum atomic E-state index is -0.0542. The van der Waals surface area contributed by atoms with E-state index in [4.69, 9.17) is 4.42 Å². The Kier molecular flexibility index (Phi) is 5.24. The Hall–Kier alpha value is -5.40. The van der Waals surface area contributed by atoms with Gasteiger partial charge in [0.2, 0.25) is 0 Å². The van der Waals surface area contributed by atoms with Crippen molar-refractivity contribution in [2.45, 2.75) is 32.1 Å². The summed E-state index contributed by atoms with van der Waals surface area (Å²) in [5.41, 5.74) is 12.5. The van der Waals surface area contributed by atoms with Gasteiger partial charge < -0.3 is 4.42 Å². The van der Waals surface area contributed by atoms with Crippen molar-refractivity contribution in [2.75, 3.05) is 0 Å². The molecule has 2 aliphatic carbocycles. The molecule has 0 spiro atoms. The van der Waals surface area contributed by atoms with Gasteiger partial charge in [-0.15, -0.1) is 0 Å². The molecular weight excluding hydrogens is 556 g/mol. The van der Waals surface area contributed by atoms with E-state index in [1.807, 2.05) is 0 Å². The maximum absolute atomic E-state index is 6.25. The summed E-state index contributed by atoms with van der Waals surface area (Å²) < 4.78 is 6.25. The summed E-state index contributed by atoms with van der Waals surface area (Å²) in [7, 11) is 0. The van der Waals surface area contributed by atoms with Crippen molar-refractivity contribution in [1.29, 1.82) is 0 Å². The lowest BCUT2D eigenvalue weighted by atomic mass is 9.81. The molecule has 1 nitrogen and oxygen atoms in total. The zero-order valence-corrected chi connectivity index (χ0v) is 26.0. The molecule has 0 N–H and O–H groups in total. The highest BCUT2D eigenvalue weighted by molar-refractivity contribution is 6.22. The summed E-state index contributed by atoms with van der Waals surface area (Å²) >= 11 is 0. The topological polar surface area (TPSA) is 13.1 Å². The van der Waals surface area contributed by atoms with Crippen molar-refractivity contribution in [1.82, 2.24) is 0 Å². The first-order valence-electron chi connectivity index (χ1n) is 16.4. The molecule has 1 heterocycles. The van der Waals surface area contributed by atoms with Gasteiger partial charge in [-0.2, -0.15) is 0 Å². The van der Waals surface area contributed by atoms with Crippen LogP contribution in [0.15, 0.2) is 126 Å². The molecule has 8 aromatic rings. The van der Waals surface area contributed by atoms with Gasteiger partial charge in [0.05, 0.1) is 0 Å². The van der Waals surface area contributed by atoms with Crippen LogP contribution in [0, 0.1) is 0 Å². The smallest absolute Gasteiger partial charge is 0.135 e. The highest BCUT2D eigenvalue weighted by atomic mass is 16.3. The van der Waals surface area contributed by atoms with E-state index in [9.17, 15) is 0 Å². The molecule has 0 radical (unpaired) electrons. The zero-order chi connectivity index (χ0) is 30.6. The normalized spacial score (nSPS) is 14.7. The van der Waals surface area contributed by atoms with Crippen LogP contribution in [0.25, 0.3) is 88.8 Å². The Labute approximate surface area is 267 Å². The maximum Gasteiger partial charge on any atom is 0.135 e. The number of hydrogen-bond donors (Lipinski definition) is 0. The summed E-state index contributed by atoms with van der Waals surface area (Å²) in [5.74, 6) is 0. The van der Waals surface area contributed by atoms with Crippen LogP contribution in [0.2, 0.25) is 0 Å². The third kappa shape index (κ3) is 3.52. The van der Waals surface area contributed by atoms with Gasteiger partial charge in [0.1, 0.15) is 11.0 Å². The molecule has 0 bridgehead atoms. The molecule has 0 atom stereocenters. The molecule has 2 aliphatic rings. The second-order valence-corrected chi connectivity index (χ2v) is 13.5. The van der Waals surface area contributed by atoms with E-state index in [1.165, 1.54) is 87.4 Å². The summed E-state index contributed by atoms with van der Waals surface area (Å²) in [4.78, 5) is 0. The molecular formula is C45H32O. The van der Waals surface area contributed by atoms with Gasteiger partial charge in [0.25, 0.3) is 0 Å². The first-order valence-corrected chi connectivity index (χ1v) is 16.4. The Morgan fingerprint density at radius 2 is 1.07 bits per heavy atom. The lowest BCUT2D eigenvalue weighted by Gasteiger charge is -2.22. The van der Waals surface area contributed by atoms with E-state index in [0.717, 1.165) is 23.8 Å². The van der Waals surface area contributed by atoms with Crippen LogP contribution in [0.5, 0.6) is 0 Å². The molecule has 1 heteroatoms. The summed E-state index contributed by atoms with van der Waals surface area (Å²) in [5, 5.41) is 10.1. The average molecular weight is 589 g/mol. The fourth-order valence-corrected chi connectivity index (χ4v) is 8.44. The van der Waals surface area contributed by atoms with Crippen molar-refractivity contribution in [2.24, 2.45) is 0 Å². The van der Waals surface area contributed by atoms with Crippen molar-refractivity contribution < 1.29 is 4.42 Å². The number of fused-ring (bicyclic) bond motifs is 9. The molecule has 10 rings (SSSR count). The van der Waals surface area contributed by atoms with Crippen LogP contribution >= 0.6 is 0 Å². The molecule has 46 heavy (non-hydrogen) atoms. The van der Waals surface area contributed by atoms with E-state index in [1.54, 1.807) is 0 Å². The second-order valence-electron chi connectivity index (χ2n) is 13.5. The van der Waals surface area contributed by atoms with Crippen molar-refractivity contribution >= 4 is 55.4 Å². The lowest BCUT2D eigenvalue weighted by molar-refractivity contribution is 0.572. The van der Waals surface area contributed by atoms with Crippen LogP contribution in [-0.2, 0) is 5.41 Å². The van der Waals surface area contributed by atoms with Gasteiger partial charge in [-0.25, -0.2) is 0 Å². The standard InChI is InChI=1S/C45H32O/c1-45(2)39-21-19-29(24-36(39)37-23-27-11-3-4-12-28(27)26-40(37)45)43-32-14-5-7-16-34(32)44(35-17-8-6-15-33(35)43)30-20-22-42-38(25-30)31-13-9-10-18-41(31)46-42/h3-8,11-26H,9-10H2,1-2H3. The van der Waals surface area contributed by atoms with E-state index < -0.39 is 0 Å². The minimum absolute atomic E-state index is 0.0542. The van der Waals surface area contributed by atoms with E-state index in [0.29, 0.717) is 0 Å². The second kappa shape index (κ2) is 9.31. The van der Waals surface area contributed by atoms with Crippen molar-refractivity contribution in [3.63, 3.8) is 0 Å². The largest absolute Gasteiger partial charge is 0.456 e. The molecule has 218 valence electrons. The Balaban J connectivity index is 1.25. The molecule has 1 aromatic heterocycles. The summed E-state index contributed by atoms with van der Waals surface area (Å²) in [6, 6.07) is 45.4. The third-order valence-electron chi connectivity index (χ3n) is 10.7. The predicted octanol–water partition coefficient (Wildman–Crippen LogP) is 10.9. The first kappa shape index (κ1) is 25.9. The molecule has 0 aliphatic heterocycles. The zero-order valence-electron chi connectivity index (χ0n) is 26.0. The summed E-state index contributed by atoms with van der Waals surface area (Å²) in [6.07, 6.45) is 6.66. The predicted molar refractivity (Wildman–Crippen MR) is 195 cm³/mol. The molecule has 0 saturated carbocycles. The average Bonchev–Trinajstić information content (AvgIpc) is 3.57. The number of furan rings is 1. The SMILES string of the molecule is CC1(C)c2ccc(-c3c4ccccc4c(-c4ccc5oc6c(c5c4)=CCCC=6)c4ccccc34)cc2-c2cc3ccccc3cc21. The van der Waals surface area contributed by atoms with Crippen LogP contribution in [0.3, 0.4) is 0 Å². The monoisotopic (exact) mass is 588 g/mol. The van der Waals surface area contributed by atoms with Gasteiger partial charge in [-0.05, 0) is 126 Å². The quantitative estimate of drug-likeness (QED) is 0.183. The first-order chi connectivity index (χ1) is 22.6. The van der Waals surface area contributed by atoms with Crippen molar-refractivity contribution in [3.05, 3.63) is 143 Å². The van der Waals surface area contributed by atoms with Crippen LogP contribution in [-0.4, -0.2) is 0 Å². The fourth-order valence-electron chi connectivity index (χ4n) is 8.44. The molecule has 7 aromatic carbocycles. The molecule has 0 fully saturated rings. The summed E-state index contributed by atoms with van der Waals surface area (Å²) in [6.45, 7) is 4.74. The van der Waals surface area contributed by atoms with Gasteiger partial charge in [-0.1, -0.05) is 111 Å². The van der Waals surface area contributed by atoms with Gasteiger partial charge in [-0.3, -0.25) is 0 Å². The highest BCUT2D eigenvalue weighted by Gasteiger charge is 2.36. The third-order valence-corrected chi connectivity index (χ3v) is 10.7. The van der Waals surface area contributed by atoms with Gasteiger partial charge >= 0.3 is 0 Å². The molecule has 0 saturated heterocycles. The van der Waals surface area contributed by atoms with E-state index in [-0.39, 0.29) is 5.41 Å². The Morgan fingerprint density at radius 1 is 0.500 bits per heavy atom. The maximum atomic E-state index is 6.25. The van der Waals surface area contributed by atoms with E-state index >= 15 is 0 Å². The number of rotatable bonds is 2. The molecule has 0 amide bonds. The minimum Gasteiger partial charge on any atom is -0.456 e. The van der Waals surface area contributed by atoms with Crippen LogP contribution in [0.1, 0.15) is 37.8 Å². The van der Waals surface area contributed by atoms with Crippen LogP contribution < -0.4 is 10.6 Å². The highest BCUT2D eigenvalue weighted by Crippen LogP contribution is 2.52. The Morgan fingerprint density at radius 3 is 1.76 bits per heavy atom. The number of hydrogen-bond acceptors (Lipinski definition) is 1. The fraction of sp³-hybridized carbons (Fsp3) is 0.111. The Bertz CT molecular complexity index is 2660. The number of benzene rings is 7. The van der Waals surface area contributed by atoms with Gasteiger partial charge in [0, 0.05) is 16.0 Å². The van der Waals surface area contributed by atoms with Crippen LogP contribution in [0.4, 0.5) is 0 Å². The molecule has 0 unspecified atom stereocenters.